The van der Waals surface area contributed by atoms with Gasteiger partial charge in [0, 0.05) is 20.0 Å². The van der Waals surface area contributed by atoms with Crippen LogP contribution in [0.25, 0.3) is 10.2 Å². The first kappa shape index (κ1) is 22.2. The van der Waals surface area contributed by atoms with Gasteiger partial charge in [-0.2, -0.15) is 0 Å². The Morgan fingerprint density at radius 3 is 2.80 bits per heavy atom. The number of carbonyl (C=O) groups is 1. The monoisotopic (exact) mass is 445 g/mol. The van der Waals surface area contributed by atoms with Crippen LogP contribution in [0, 0.1) is 6.92 Å². The molecule has 2 heterocycles. The van der Waals surface area contributed by atoms with Gasteiger partial charge in [0.05, 0.1) is 33.6 Å². The first-order valence-corrected chi connectivity index (χ1v) is 11.6. The maximum atomic E-state index is 12.0. The Kier molecular flexibility index (Phi) is 7.75. The molecule has 0 radical (unpaired) electrons. The Morgan fingerprint density at radius 1 is 1.27 bits per heavy atom. The summed E-state index contributed by atoms with van der Waals surface area (Å²) in [5.41, 5.74) is 1.76. The third-order valence-electron chi connectivity index (χ3n) is 4.42. The van der Waals surface area contributed by atoms with Crippen LogP contribution in [0.5, 0.6) is 0 Å². The SMILES string of the molecule is CCOC(=O)c1sc(C(C)NC(=NC)NCCCc2nc3ccccc3s2)nc1C. The Balaban J connectivity index is 1.49. The molecule has 1 aromatic carbocycles. The van der Waals surface area contributed by atoms with E-state index in [-0.39, 0.29) is 12.0 Å². The molecule has 0 aliphatic heterocycles. The minimum Gasteiger partial charge on any atom is -0.462 e. The number of aromatic nitrogens is 2. The number of aliphatic imine (C=N–C) groups is 1. The molecule has 0 aliphatic carbocycles. The highest BCUT2D eigenvalue weighted by atomic mass is 32.1. The number of nitrogens with one attached hydrogen (secondary N) is 2. The molecule has 2 aromatic heterocycles. The van der Waals surface area contributed by atoms with Crippen LogP contribution in [0.3, 0.4) is 0 Å². The van der Waals surface area contributed by atoms with Gasteiger partial charge in [-0.3, -0.25) is 4.99 Å². The van der Waals surface area contributed by atoms with E-state index >= 15 is 0 Å². The van der Waals surface area contributed by atoms with Gasteiger partial charge >= 0.3 is 5.97 Å². The van der Waals surface area contributed by atoms with Gasteiger partial charge in [0.1, 0.15) is 9.88 Å². The molecule has 160 valence electrons. The second-order valence-electron chi connectivity index (χ2n) is 6.73. The zero-order valence-electron chi connectivity index (χ0n) is 17.7. The molecule has 3 rings (SSSR count). The van der Waals surface area contributed by atoms with Crippen molar-refractivity contribution in [3.05, 3.63) is 44.9 Å². The second kappa shape index (κ2) is 10.5. The van der Waals surface area contributed by atoms with Crippen LogP contribution in [0.2, 0.25) is 0 Å². The molecule has 30 heavy (non-hydrogen) atoms. The number of hydrogen-bond acceptors (Lipinski definition) is 7. The Hall–Kier alpha value is -2.52. The van der Waals surface area contributed by atoms with Gasteiger partial charge in [0.25, 0.3) is 0 Å². The van der Waals surface area contributed by atoms with E-state index in [9.17, 15) is 4.79 Å². The van der Waals surface area contributed by atoms with Crippen LogP contribution >= 0.6 is 22.7 Å². The van der Waals surface area contributed by atoms with Crippen molar-refractivity contribution in [2.45, 2.75) is 39.7 Å². The van der Waals surface area contributed by atoms with Crippen molar-refractivity contribution in [1.82, 2.24) is 20.6 Å². The summed E-state index contributed by atoms with van der Waals surface area (Å²) in [5, 5.41) is 8.65. The Bertz CT molecular complexity index is 995. The predicted octanol–water partition coefficient (Wildman–Crippen LogP) is 4.10. The third kappa shape index (κ3) is 5.54. The van der Waals surface area contributed by atoms with E-state index in [0.29, 0.717) is 23.1 Å². The average molecular weight is 446 g/mol. The van der Waals surface area contributed by atoms with Crippen LogP contribution in [0.15, 0.2) is 29.3 Å². The van der Waals surface area contributed by atoms with Crippen molar-refractivity contribution in [3.8, 4) is 0 Å². The van der Waals surface area contributed by atoms with E-state index in [1.54, 1.807) is 25.3 Å². The summed E-state index contributed by atoms with van der Waals surface area (Å²) in [6.07, 6.45) is 1.88. The summed E-state index contributed by atoms with van der Waals surface area (Å²) in [6.45, 7) is 6.77. The predicted molar refractivity (Wildman–Crippen MR) is 124 cm³/mol. The van der Waals surface area contributed by atoms with Crippen molar-refractivity contribution < 1.29 is 9.53 Å². The van der Waals surface area contributed by atoms with Crippen LogP contribution in [-0.4, -0.2) is 42.1 Å². The van der Waals surface area contributed by atoms with Gasteiger partial charge in [-0.15, -0.1) is 22.7 Å². The standard InChI is InChI=1S/C21H27N5O2S2/c1-5-28-20(27)18-13(2)24-19(30-18)14(3)25-21(22-4)23-12-8-11-17-26-15-9-6-7-10-16(15)29-17/h6-7,9-10,14H,5,8,11-12H2,1-4H3,(H2,22,23,25). The van der Waals surface area contributed by atoms with Crippen molar-refractivity contribution in [1.29, 1.82) is 0 Å². The number of para-hydroxylation sites is 1. The number of nitrogens with zero attached hydrogens (tertiary/aromatic N) is 3. The molecule has 0 saturated carbocycles. The van der Waals surface area contributed by atoms with E-state index in [1.165, 1.54) is 16.0 Å². The number of aryl methyl sites for hydroxylation is 2. The summed E-state index contributed by atoms with van der Waals surface area (Å²) in [6, 6.07) is 8.14. The molecule has 9 heteroatoms. The van der Waals surface area contributed by atoms with Gasteiger partial charge in [-0.1, -0.05) is 12.1 Å². The topological polar surface area (TPSA) is 88.5 Å². The lowest BCUT2D eigenvalue weighted by molar-refractivity contribution is 0.0531. The van der Waals surface area contributed by atoms with Gasteiger partial charge < -0.3 is 15.4 Å². The number of fused-ring (bicyclic) bond motifs is 1. The molecule has 0 aliphatic rings. The molecular weight excluding hydrogens is 418 g/mol. The first-order chi connectivity index (χ1) is 14.5. The summed E-state index contributed by atoms with van der Waals surface area (Å²) in [5.74, 6) is 0.389. The lowest BCUT2D eigenvalue weighted by Crippen LogP contribution is -2.39. The molecule has 2 N–H and O–H groups in total. The lowest BCUT2D eigenvalue weighted by Gasteiger charge is -2.16. The molecule has 0 spiro atoms. The average Bonchev–Trinajstić information content (AvgIpc) is 3.33. The summed E-state index contributed by atoms with van der Waals surface area (Å²) in [4.78, 5) is 26.1. The first-order valence-electron chi connectivity index (χ1n) is 9.97. The Morgan fingerprint density at radius 2 is 2.07 bits per heavy atom. The minimum atomic E-state index is -0.316. The maximum Gasteiger partial charge on any atom is 0.350 e. The number of guanidine groups is 1. The highest BCUT2D eigenvalue weighted by Crippen LogP contribution is 2.24. The molecular formula is C21H27N5O2S2. The van der Waals surface area contributed by atoms with Crippen LogP contribution in [-0.2, 0) is 11.2 Å². The van der Waals surface area contributed by atoms with Gasteiger partial charge in [0.2, 0.25) is 0 Å². The van der Waals surface area contributed by atoms with Crippen LogP contribution in [0.4, 0.5) is 0 Å². The zero-order chi connectivity index (χ0) is 21.5. The zero-order valence-corrected chi connectivity index (χ0v) is 19.3. The van der Waals surface area contributed by atoms with Gasteiger partial charge in [-0.25, -0.2) is 14.8 Å². The quantitative estimate of drug-likeness (QED) is 0.235. The lowest BCUT2D eigenvalue weighted by atomic mass is 10.3. The highest BCUT2D eigenvalue weighted by molar-refractivity contribution is 7.18. The number of esters is 1. The smallest absolute Gasteiger partial charge is 0.350 e. The number of carbonyl (C=O) groups excluding carboxylic acids is 1. The van der Waals surface area contributed by atoms with Crippen molar-refractivity contribution in [2.75, 3.05) is 20.2 Å². The van der Waals surface area contributed by atoms with E-state index < -0.39 is 0 Å². The largest absolute Gasteiger partial charge is 0.462 e. The molecule has 1 atom stereocenters. The van der Waals surface area contributed by atoms with E-state index in [4.69, 9.17) is 4.74 Å². The second-order valence-corrected chi connectivity index (χ2v) is 8.88. The van der Waals surface area contributed by atoms with Crippen molar-refractivity contribution in [3.63, 3.8) is 0 Å². The molecule has 0 saturated heterocycles. The van der Waals surface area contributed by atoms with Crippen molar-refractivity contribution in [2.24, 2.45) is 4.99 Å². The summed E-state index contributed by atoms with van der Waals surface area (Å²) in [7, 11) is 1.74. The number of rotatable bonds is 8. The molecule has 3 aromatic rings. The minimum absolute atomic E-state index is 0.0765. The highest BCUT2D eigenvalue weighted by Gasteiger charge is 2.20. The van der Waals surface area contributed by atoms with Crippen LogP contribution in [0.1, 0.15) is 51.7 Å². The van der Waals surface area contributed by atoms with Crippen molar-refractivity contribution >= 4 is 44.8 Å². The molecule has 1 unspecified atom stereocenters. The molecule has 7 nitrogen and oxygen atoms in total. The fourth-order valence-electron chi connectivity index (χ4n) is 2.92. The molecule has 0 amide bonds. The molecule has 0 fully saturated rings. The number of hydrogen-bond donors (Lipinski definition) is 2. The maximum absolute atomic E-state index is 12.0. The Labute approximate surface area is 184 Å². The summed E-state index contributed by atoms with van der Waals surface area (Å²) < 4.78 is 6.33. The van der Waals surface area contributed by atoms with E-state index in [2.05, 4.69) is 37.7 Å². The number of ether oxygens (including phenoxy) is 1. The van der Waals surface area contributed by atoms with Gasteiger partial charge in [-0.05, 0) is 39.3 Å². The fourth-order valence-corrected chi connectivity index (χ4v) is 4.90. The van der Waals surface area contributed by atoms with E-state index in [1.807, 2.05) is 26.0 Å². The fraction of sp³-hybridized carbons (Fsp3) is 0.429. The number of thiazole rings is 2. The molecule has 0 bridgehead atoms. The van der Waals surface area contributed by atoms with E-state index in [0.717, 1.165) is 34.9 Å². The summed E-state index contributed by atoms with van der Waals surface area (Å²) >= 11 is 3.11. The number of benzene rings is 1. The third-order valence-corrected chi connectivity index (χ3v) is 6.84. The van der Waals surface area contributed by atoms with Gasteiger partial charge in [0.15, 0.2) is 5.96 Å². The van der Waals surface area contributed by atoms with Crippen LogP contribution < -0.4 is 10.6 Å². The normalized spacial score (nSPS) is 12.7.